The van der Waals surface area contributed by atoms with Crippen LogP contribution in [0.15, 0.2) is 0 Å². The van der Waals surface area contributed by atoms with Crippen molar-refractivity contribution in [2.75, 3.05) is 17.2 Å². The van der Waals surface area contributed by atoms with Crippen molar-refractivity contribution in [3.05, 3.63) is 11.3 Å². The smallest absolute Gasteiger partial charge is 0.152 e. The quantitative estimate of drug-likeness (QED) is 0.899. The number of nitrogens with two attached hydrogens (primary N) is 1. The van der Waals surface area contributed by atoms with Gasteiger partial charge < -0.3 is 5.73 Å². The van der Waals surface area contributed by atoms with E-state index < -0.39 is 9.84 Å². The Morgan fingerprint density at radius 2 is 2.17 bits per heavy atom. The Balaban J connectivity index is 2.30. The van der Waals surface area contributed by atoms with Crippen molar-refractivity contribution in [1.82, 2.24) is 9.78 Å². The highest BCUT2D eigenvalue weighted by Gasteiger charge is 2.31. The van der Waals surface area contributed by atoms with E-state index in [0.29, 0.717) is 18.2 Å². The molecule has 18 heavy (non-hydrogen) atoms. The molecule has 0 aromatic carbocycles. The largest absolute Gasteiger partial charge is 0.384 e. The highest BCUT2D eigenvalue weighted by molar-refractivity contribution is 7.91. The number of nitrogens with zero attached hydrogens (tertiary/aromatic N) is 2. The SMILES string of the molecule is Cc1c(CC(C)C)nn(C2CCS(=O)(=O)C2)c1N. The minimum absolute atomic E-state index is 0.0883. The standard InChI is InChI=1S/C12H21N3O2S/c1-8(2)6-11-9(3)12(13)15(14-11)10-4-5-18(16,17)7-10/h8,10H,4-7,13H2,1-3H3. The van der Waals surface area contributed by atoms with E-state index in [0.717, 1.165) is 17.7 Å². The summed E-state index contributed by atoms with van der Waals surface area (Å²) in [6.07, 6.45) is 1.50. The summed E-state index contributed by atoms with van der Waals surface area (Å²) >= 11 is 0. The maximum absolute atomic E-state index is 11.5. The first kappa shape index (κ1) is 13.4. The highest BCUT2D eigenvalue weighted by Crippen LogP contribution is 2.28. The molecule has 0 radical (unpaired) electrons. The monoisotopic (exact) mass is 271 g/mol. The molecule has 0 bridgehead atoms. The predicted octanol–water partition coefficient (Wildman–Crippen LogP) is 1.33. The fourth-order valence-electron chi connectivity index (χ4n) is 2.41. The van der Waals surface area contributed by atoms with Crippen LogP contribution in [0.2, 0.25) is 0 Å². The second-order valence-electron chi connectivity index (χ2n) is 5.56. The number of hydrogen-bond acceptors (Lipinski definition) is 4. The van der Waals surface area contributed by atoms with Gasteiger partial charge in [0.05, 0.1) is 23.2 Å². The van der Waals surface area contributed by atoms with Gasteiger partial charge in [-0.15, -0.1) is 0 Å². The summed E-state index contributed by atoms with van der Waals surface area (Å²) in [6, 6.07) is -0.0883. The lowest BCUT2D eigenvalue weighted by molar-refractivity contribution is 0.496. The molecule has 2 rings (SSSR count). The van der Waals surface area contributed by atoms with Crippen LogP contribution in [0.25, 0.3) is 0 Å². The fourth-order valence-corrected chi connectivity index (χ4v) is 4.10. The van der Waals surface area contributed by atoms with Gasteiger partial charge in [0.1, 0.15) is 5.82 Å². The molecule has 5 nitrogen and oxygen atoms in total. The molecule has 6 heteroatoms. The molecule has 0 spiro atoms. The molecular formula is C12H21N3O2S. The van der Waals surface area contributed by atoms with Gasteiger partial charge in [0.15, 0.2) is 9.84 Å². The van der Waals surface area contributed by atoms with Crippen LogP contribution in [-0.2, 0) is 16.3 Å². The Bertz CT molecular complexity index is 546. The normalized spacial score (nSPS) is 22.8. The molecule has 102 valence electrons. The highest BCUT2D eigenvalue weighted by atomic mass is 32.2. The second-order valence-corrected chi connectivity index (χ2v) is 7.79. The van der Waals surface area contributed by atoms with Crippen molar-refractivity contribution in [3.8, 4) is 0 Å². The molecule has 0 saturated carbocycles. The van der Waals surface area contributed by atoms with Crippen LogP contribution in [0, 0.1) is 12.8 Å². The van der Waals surface area contributed by atoms with Crippen LogP contribution in [0.1, 0.15) is 37.6 Å². The zero-order valence-electron chi connectivity index (χ0n) is 11.2. The van der Waals surface area contributed by atoms with Gasteiger partial charge in [-0.25, -0.2) is 13.1 Å². The number of rotatable bonds is 3. The Kier molecular flexibility index (Phi) is 3.40. The van der Waals surface area contributed by atoms with E-state index in [1.54, 1.807) is 4.68 Å². The number of sulfone groups is 1. The third kappa shape index (κ3) is 2.53. The van der Waals surface area contributed by atoms with Gasteiger partial charge >= 0.3 is 0 Å². The van der Waals surface area contributed by atoms with E-state index in [1.165, 1.54) is 0 Å². The van der Waals surface area contributed by atoms with Gasteiger partial charge in [-0.05, 0) is 25.7 Å². The molecule has 2 N–H and O–H groups in total. The van der Waals surface area contributed by atoms with Gasteiger partial charge in [0.2, 0.25) is 0 Å². The molecule has 0 aliphatic carbocycles. The van der Waals surface area contributed by atoms with Crippen molar-refractivity contribution < 1.29 is 8.42 Å². The topological polar surface area (TPSA) is 78.0 Å². The molecule has 1 aliphatic heterocycles. The first-order chi connectivity index (χ1) is 8.30. The summed E-state index contributed by atoms with van der Waals surface area (Å²) in [7, 11) is -2.90. The molecule has 2 heterocycles. The van der Waals surface area contributed by atoms with Gasteiger partial charge in [-0.3, -0.25) is 0 Å². The summed E-state index contributed by atoms with van der Waals surface area (Å²) < 4.78 is 24.7. The molecule has 1 saturated heterocycles. The number of anilines is 1. The van der Waals surface area contributed by atoms with E-state index in [1.807, 2.05) is 6.92 Å². The van der Waals surface area contributed by atoms with Crippen LogP contribution in [0.3, 0.4) is 0 Å². The van der Waals surface area contributed by atoms with Crippen LogP contribution in [0.4, 0.5) is 5.82 Å². The van der Waals surface area contributed by atoms with Crippen LogP contribution < -0.4 is 5.73 Å². The molecule has 1 aromatic heterocycles. The first-order valence-electron chi connectivity index (χ1n) is 6.34. The van der Waals surface area contributed by atoms with Crippen LogP contribution >= 0.6 is 0 Å². The minimum Gasteiger partial charge on any atom is -0.384 e. The van der Waals surface area contributed by atoms with Crippen molar-refractivity contribution in [1.29, 1.82) is 0 Å². The molecule has 1 fully saturated rings. The zero-order chi connectivity index (χ0) is 13.5. The second kappa shape index (κ2) is 4.57. The van der Waals surface area contributed by atoms with Gasteiger partial charge in [-0.2, -0.15) is 5.10 Å². The third-order valence-electron chi connectivity index (χ3n) is 3.45. The van der Waals surface area contributed by atoms with E-state index in [9.17, 15) is 8.42 Å². The Morgan fingerprint density at radius 1 is 1.50 bits per heavy atom. The third-order valence-corrected chi connectivity index (χ3v) is 5.20. The minimum atomic E-state index is -2.90. The van der Waals surface area contributed by atoms with E-state index in [4.69, 9.17) is 5.73 Å². The predicted molar refractivity (Wildman–Crippen MR) is 72.2 cm³/mol. The number of hydrogen-bond donors (Lipinski definition) is 1. The summed E-state index contributed by atoms with van der Waals surface area (Å²) in [4.78, 5) is 0. The molecule has 1 unspecified atom stereocenters. The molecular weight excluding hydrogens is 250 g/mol. The van der Waals surface area contributed by atoms with E-state index >= 15 is 0 Å². The summed E-state index contributed by atoms with van der Waals surface area (Å²) in [5.41, 5.74) is 8.04. The Hall–Kier alpha value is -1.04. The van der Waals surface area contributed by atoms with Crippen LogP contribution in [0.5, 0.6) is 0 Å². The van der Waals surface area contributed by atoms with Gasteiger partial charge in [-0.1, -0.05) is 13.8 Å². The van der Waals surface area contributed by atoms with Crippen molar-refractivity contribution in [2.24, 2.45) is 5.92 Å². The lowest BCUT2D eigenvalue weighted by atomic mass is 10.1. The number of aromatic nitrogens is 2. The summed E-state index contributed by atoms with van der Waals surface area (Å²) in [5.74, 6) is 1.54. The first-order valence-corrected chi connectivity index (χ1v) is 8.16. The molecule has 1 atom stereocenters. The number of nitrogen functional groups attached to an aromatic ring is 1. The van der Waals surface area contributed by atoms with E-state index in [2.05, 4.69) is 18.9 Å². The molecule has 0 amide bonds. The van der Waals surface area contributed by atoms with Crippen molar-refractivity contribution in [2.45, 2.75) is 39.7 Å². The van der Waals surface area contributed by atoms with Crippen molar-refractivity contribution in [3.63, 3.8) is 0 Å². The van der Waals surface area contributed by atoms with Crippen molar-refractivity contribution >= 4 is 15.7 Å². The molecule has 1 aromatic rings. The summed E-state index contributed by atoms with van der Waals surface area (Å²) in [6.45, 7) is 6.23. The summed E-state index contributed by atoms with van der Waals surface area (Å²) in [5, 5.41) is 4.52. The Labute approximate surface area is 108 Å². The van der Waals surface area contributed by atoms with Gasteiger partial charge in [0.25, 0.3) is 0 Å². The zero-order valence-corrected chi connectivity index (χ0v) is 12.0. The fraction of sp³-hybridized carbons (Fsp3) is 0.750. The molecule has 1 aliphatic rings. The van der Waals surface area contributed by atoms with E-state index in [-0.39, 0.29) is 17.5 Å². The average Bonchev–Trinajstić information content (AvgIpc) is 2.73. The van der Waals surface area contributed by atoms with Crippen LogP contribution in [-0.4, -0.2) is 29.7 Å². The lowest BCUT2D eigenvalue weighted by Crippen LogP contribution is -2.15. The van der Waals surface area contributed by atoms with Gasteiger partial charge in [0, 0.05) is 5.56 Å². The lowest BCUT2D eigenvalue weighted by Gasteiger charge is -2.10. The maximum atomic E-state index is 11.5. The average molecular weight is 271 g/mol. The maximum Gasteiger partial charge on any atom is 0.152 e. The Morgan fingerprint density at radius 3 is 2.67 bits per heavy atom.